The Balaban J connectivity index is 1.51. The van der Waals surface area contributed by atoms with Crippen molar-refractivity contribution in [3.63, 3.8) is 0 Å². The fourth-order valence-corrected chi connectivity index (χ4v) is 3.55. The van der Waals surface area contributed by atoms with Gasteiger partial charge in [0.25, 0.3) is 5.69 Å². The largest absolute Gasteiger partial charge is 0.455 e. The maximum absolute atomic E-state index is 11.1. The third-order valence-corrected chi connectivity index (χ3v) is 4.81. The molecular formula is C19H14N4O3S. The second-order valence-electron chi connectivity index (χ2n) is 5.84. The number of aromatic nitrogens is 1. The summed E-state index contributed by atoms with van der Waals surface area (Å²) < 4.78 is 6.75. The van der Waals surface area contributed by atoms with Crippen LogP contribution < -0.4 is 5.43 Å². The Morgan fingerprint density at radius 1 is 1.22 bits per heavy atom. The van der Waals surface area contributed by atoms with Crippen LogP contribution in [0.4, 0.5) is 10.8 Å². The van der Waals surface area contributed by atoms with Crippen LogP contribution in [0.3, 0.4) is 0 Å². The van der Waals surface area contributed by atoms with Crippen molar-refractivity contribution in [1.29, 1.82) is 0 Å². The van der Waals surface area contributed by atoms with Crippen LogP contribution in [-0.2, 0) is 0 Å². The lowest BCUT2D eigenvalue weighted by Gasteiger charge is -1.98. The summed E-state index contributed by atoms with van der Waals surface area (Å²) in [6.45, 7) is 2.04. The number of nitro benzene ring substituents is 1. The molecule has 134 valence electrons. The molecule has 4 rings (SSSR count). The van der Waals surface area contributed by atoms with E-state index in [1.54, 1.807) is 30.3 Å². The molecule has 1 N–H and O–H groups in total. The number of nitro groups is 1. The van der Waals surface area contributed by atoms with Gasteiger partial charge in [0.15, 0.2) is 0 Å². The fraction of sp³-hybridized carbons (Fsp3) is 0.0526. The van der Waals surface area contributed by atoms with Crippen LogP contribution in [0.15, 0.2) is 64.1 Å². The average molecular weight is 378 g/mol. The van der Waals surface area contributed by atoms with E-state index in [1.165, 1.54) is 29.2 Å². The quantitative estimate of drug-likeness (QED) is 0.292. The SMILES string of the molecule is Cc1ccc2nc(NN=Cc3ccc(-c4ccccc4[N+](=O)[O-])o3)sc2c1. The zero-order valence-electron chi connectivity index (χ0n) is 14.2. The summed E-state index contributed by atoms with van der Waals surface area (Å²) in [5.74, 6) is 0.895. The fourth-order valence-electron chi connectivity index (χ4n) is 2.64. The molecule has 0 saturated heterocycles. The van der Waals surface area contributed by atoms with E-state index >= 15 is 0 Å². The van der Waals surface area contributed by atoms with Gasteiger partial charge in [0.2, 0.25) is 5.13 Å². The minimum absolute atomic E-state index is 0.00164. The molecule has 0 bridgehead atoms. The van der Waals surface area contributed by atoms with E-state index in [9.17, 15) is 10.1 Å². The third-order valence-electron chi connectivity index (χ3n) is 3.89. The van der Waals surface area contributed by atoms with Gasteiger partial charge in [-0.1, -0.05) is 29.5 Å². The number of para-hydroxylation sites is 1. The maximum Gasteiger partial charge on any atom is 0.280 e. The molecule has 7 nitrogen and oxygen atoms in total. The number of nitrogens with one attached hydrogen (secondary N) is 1. The Morgan fingerprint density at radius 3 is 2.93 bits per heavy atom. The molecule has 0 aliphatic heterocycles. The smallest absolute Gasteiger partial charge is 0.280 e. The van der Waals surface area contributed by atoms with Gasteiger partial charge in [-0.2, -0.15) is 5.10 Å². The Bertz CT molecular complexity index is 1160. The molecule has 4 aromatic rings. The number of hydrogen-bond acceptors (Lipinski definition) is 7. The lowest BCUT2D eigenvalue weighted by atomic mass is 10.1. The summed E-state index contributed by atoms with van der Waals surface area (Å²) in [5, 5.41) is 16.0. The molecule has 8 heteroatoms. The van der Waals surface area contributed by atoms with Crippen LogP contribution in [0.2, 0.25) is 0 Å². The third kappa shape index (κ3) is 3.56. The number of hydrogen-bond donors (Lipinski definition) is 1. The van der Waals surface area contributed by atoms with Crippen LogP contribution >= 0.6 is 11.3 Å². The highest BCUT2D eigenvalue weighted by atomic mass is 32.1. The molecule has 27 heavy (non-hydrogen) atoms. The Morgan fingerprint density at radius 2 is 2.07 bits per heavy atom. The van der Waals surface area contributed by atoms with E-state index in [1.807, 2.05) is 19.1 Å². The number of furan rings is 1. The Hall–Kier alpha value is -3.52. The van der Waals surface area contributed by atoms with Crippen LogP contribution in [0.1, 0.15) is 11.3 Å². The van der Waals surface area contributed by atoms with Gasteiger partial charge in [0, 0.05) is 6.07 Å². The number of benzene rings is 2. The normalized spacial score (nSPS) is 11.3. The number of fused-ring (bicyclic) bond motifs is 1. The molecule has 0 saturated carbocycles. The van der Waals surface area contributed by atoms with Gasteiger partial charge in [0.1, 0.15) is 11.5 Å². The van der Waals surface area contributed by atoms with Crippen molar-refractivity contribution in [1.82, 2.24) is 4.98 Å². The van der Waals surface area contributed by atoms with Crippen molar-refractivity contribution in [3.05, 3.63) is 76.0 Å². The van der Waals surface area contributed by atoms with Crippen molar-refractivity contribution in [2.24, 2.45) is 5.10 Å². The van der Waals surface area contributed by atoms with Crippen molar-refractivity contribution < 1.29 is 9.34 Å². The molecule has 0 amide bonds. The molecule has 0 radical (unpaired) electrons. The molecule has 0 atom stereocenters. The highest BCUT2D eigenvalue weighted by molar-refractivity contribution is 7.22. The summed E-state index contributed by atoms with van der Waals surface area (Å²) in [6.07, 6.45) is 1.51. The van der Waals surface area contributed by atoms with E-state index in [0.717, 1.165) is 10.2 Å². The summed E-state index contributed by atoms with van der Waals surface area (Å²) in [7, 11) is 0. The summed E-state index contributed by atoms with van der Waals surface area (Å²) in [5.41, 5.74) is 5.41. The molecule has 0 fully saturated rings. The second-order valence-corrected chi connectivity index (χ2v) is 6.87. The minimum atomic E-state index is -0.429. The number of rotatable bonds is 5. The number of hydrazone groups is 1. The lowest BCUT2D eigenvalue weighted by Crippen LogP contribution is -1.90. The highest BCUT2D eigenvalue weighted by Crippen LogP contribution is 2.30. The zero-order chi connectivity index (χ0) is 18.8. The van der Waals surface area contributed by atoms with Gasteiger partial charge in [-0.25, -0.2) is 4.98 Å². The number of nitrogens with zero attached hydrogens (tertiary/aromatic N) is 3. The Labute approximate surface area is 158 Å². The van der Waals surface area contributed by atoms with Crippen molar-refractivity contribution in [2.45, 2.75) is 6.92 Å². The van der Waals surface area contributed by atoms with Crippen LogP contribution in [0.5, 0.6) is 0 Å². The standard InChI is InChI=1S/C19H14N4O3S/c1-12-6-8-15-18(10-12)27-19(21-15)22-20-11-13-7-9-17(26-13)14-4-2-3-5-16(14)23(24)25/h2-11H,1H3,(H,21,22). The first-order chi connectivity index (χ1) is 13.1. The molecule has 2 aromatic heterocycles. The van der Waals surface area contributed by atoms with Crippen LogP contribution in [0.25, 0.3) is 21.5 Å². The second kappa shape index (κ2) is 7.00. The summed E-state index contributed by atoms with van der Waals surface area (Å²) in [6, 6.07) is 15.9. The number of aryl methyl sites for hydroxylation is 1. The van der Waals surface area contributed by atoms with Crippen LogP contribution in [-0.4, -0.2) is 16.1 Å². The van der Waals surface area contributed by atoms with Crippen LogP contribution in [0, 0.1) is 17.0 Å². The first kappa shape index (κ1) is 16.9. The first-order valence-electron chi connectivity index (χ1n) is 8.10. The number of anilines is 1. The van der Waals surface area contributed by atoms with Gasteiger partial charge < -0.3 is 4.42 Å². The summed E-state index contributed by atoms with van der Waals surface area (Å²) >= 11 is 1.51. The zero-order valence-corrected chi connectivity index (χ0v) is 15.1. The van der Waals surface area contributed by atoms with Crippen molar-refractivity contribution in [2.75, 3.05) is 5.43 Å². The topological polar surface area (TPSA) is 93.6 Å². The van der Waals surface area contributed by atoms with E-state index in [2.05, 4.69) is 21.6 Å². The first-order valence-corrected chi connectivity index (χ1v) is 8.92. The van der Waals surface area contributed by atoms with Gasteiger partial charge in [-0.05, 0) is 42.8 Å². The van der Waals surface area contributed by atoms with Gasteiger partial charge in [-0.15, -0.1) is 0 Å². The van der Waals surface area contributed by atoms with Crippen molar-refractivity contribution in [3.8, 4) is 11.3 Å². The minimum Gasteiger partial charge on any atom is -0.455 e. The molecule has 0 aliphatic carbocycles. The van der Waals surface area contributed by atoms with Crippen molar-refractivity contribution >= 4 is 38.6 Å². The highest BCUT2D eigenvalue weighted by Gasteiger charge is 2.16. The molecule has 0 aliphatic rings. The molecular weight excluding hydrogens is 364 g/mol. The summed E-state index contributed by atoms with van der Waals surface area (Å²) in [4.78, 5) is 15.2. The van der Waals surface area contributed by atoms with Gasteiger partial charge in [0.05, 0.1) is 26.9 Å². The van der Waals surface area contributed by atoms with E-state index in [0.29, 0.717) is 22.2 Å². The van der Waals surface area contributed by atoms with Gasteiger partial charge in [-0.3, -0.25) is 15.5 Å². The molecule has 2 aromatic carbocycles. The number of thiazole rings is 1. The predicted molar refractivity (Wildman–Crippen MR) is 106 cm³/mol. The van der Waals surface area contributed by atoms with E-state index < -0.39 is 4.92 Å². The molecule has 0 unspecified atom stereocenters. The van der Waals surface area contributed by atoms with E-state index in [-0.39, 0.29) is 5.69 Å². The lowest BCUT2D eigenvalue weighted by molar-refractivity contribution is -0.384. The van der Waals surface area contributed by atoms with E-state index in [4.69, 9.17) is 4.42 Å². The van der Waals surface area contributed by atoms with Gasteiger partial charge >= 0.3 is 0 Å². The maximum atomic E-state index is 11.1. The molecule has 0 spiro atoms. The monoisotopic (exact) mass is 378 g/mol. The average Bonchev–Trinajstić information content (AvgIpc) is 3.28. The Kier molecular flexibility index (Phi) is 4.39. The molecule has 2 heterocycles. The predicted octanol–water partition coefficient (Wildman–Crippen LogP) is 5.22.